The van der Waals surface area contributed by atoms with Crippen molar-refractivity contribution < 1.29 is 13.5 Å². The molecule has 1 rings (SSSR count). The van der Waals surface area contributed by atoms with Crippen LogP contribution in [0.5, 0.6) is 5.75 Å². The number of hydrogen-bond acceptors (Lipinski definition) is 4. The molecule has 4 N–H and O–H groups in total. The van der Waals surface area contributed by atoms with Gasteiger partial charge in [0.25, 0.3) is 0 Å². The van der Waals surface area contributed by atoms with Crippen molar-refractivity contribution >= 4 is 21.4 Å². The third kappa shape index (κ3) is 4.52. The zero-order chi connectivity index (χ0) is 13.3. The Hall–Kier alpha value is -1.43. The van der Waals surface area contributed by atoms with Crippen LogP contribution in [-0.4, -0.2) is 19.3 Å². The SMILES string of the molecule is CC(C)(C)CS(=O)(=O)Nc1ccc(O)cc1N. The van der Waals surface area contributed by atoms with E-state index in [4.69, 9.17) is 10.8 Å². The normalized spacial score (nSPS) is 12.4. The van der Waals surface area contributed by atoms with Gasteiger partial charge in [-0.2, -0.15) is 0 Å². The first-order chi connectivity index (χ1) is 7.59. The Morgan fingerprint density at radius 2 is 1.94 bits per heavy atom. The first kappa shape index (κ1) is 13.6. The molecule has 0 amide bonds. The first-order valence-electron chi connectivity index (χ1n) is 5.18. The fourth-order valence-corrected chi connectivity index (χ4v) is 3.15. The van der Waals surface area contributed by atoms with E-state index < -0.39 is 10.0 Å². The molecule has 1 aromatic rings. The van der Waals surface area contributed by atoms with Crippen molar-refractivity contribution in [2.24, 2.45) is 5.41 Å². The molecular weight excluding hydrogens is 240 g/mol. The fourth-order valence-electron chi connectivity index (χ4n) is 1.42. The molecule has 0 spiro atoms. The first-order valence-corrected chi connectivity index (χ1v) is 6.83. The second-order valence-electron chi connectivity index (χ2n) is 5.19. The summed E-state index contributed by atoms with van der Waals surface area (Å²) in [5, 5.41) is 9.17. The third-order valence-corrected chi connectivity index (χ3v) is 3.70. The number of anilines is 2. The highest BCUT2D eigenvalue weighted by Crippen LogP contribution is 2.25. The molecule has 0 aliphatic carbocycles. The van der Waals surface area contributed by atoms with Gasteiger partial charge in [0, 0.05) is 6.07 Å². The maximum absolute atomic E-state index is 11.8. The van der Waals surface area contributed by atoms with Crippen molar-refractivity contribution in [1.82, 2.24) is 0 Å². The van der Waals surface area contributed by atoms with Gasteiger partial charge in [0.15, 0.2) is 0 Å². The van der Waals surface area contributed by atoms with Crippen LogP contribution in [0.3, 0.4) is 0 Å². The van der Waals surface area contributed by atoms with E-state index in [0.717, 1.165) is 0 Å². The number of phenols is 1. The summed E-state index contributed by atoms with van der Waals surface area (Å²) in [7, 11) is -3.44. The van der Waals surface area contributed by atoms with E-state index in [1.165, 1.54) is 18.2 Å². The minimum atomic E-state index is -3.44. The van der Waals surface area contributed by atoms with Gasteiger partial charge in [-0.3, -0.25) is 4.72 Å². The molecule has 0 radical (unpaired) electrons. The number of aromatic hydroxyl groups is 1. The highest BCUT2D eigenvalue weighted by molar-refractivity contribution is 7.92. The maximum Gasteiger partial charge on any atom is 0.233 e. The number of nitrogens with two attached hydrogens (primary N) is 1. The number of nitrogen functional groups attached to an aromatic ring is 1. The van der Waals surface area contributed by atoms with E-state index >= 15 is 0 Å². The second kappa shape index (κ2) is 4.44. The minimum absolute atomic E-state index is 0.000314. The van der Waals surface area contributed by atoms with Gasteiger partial charge in [-0.25, -0.2) is 8.42 Å². The summed E-state index contributed by atoms with van der Waals surface area (Å²) >= 11 is 0. The monoisotopic (exact) mass is 258 g/mol. The zero-order valence-corrected chi connectivity index (χ0v) is 11.0. The van der Waals surface area contributed by atoms with Crippen LogP contribution >= 0.6 is 0 Å². The van der Waals surface area contributed by atoms with Crippen LogP contribution in [0.4, 0.5) is 11.4 Å². The standard InChI is InChI=1S/C11H18N2O3S/c1-11(2,3)7-17(15,16)13-10-5-4-8(14)6-9(10)12/h4-6,13-14H,7,12H2,1-3H3. The molecule has 96 valence electrons. The lowest BCUT2D eigenvalue weighted by Gasteiger charge is -2.19. The van der Waals surface area contributed by atoms with Crippen LogP contribution in [-0.2, 0) is 10.0 Å². The Morgan fingerprint density at radius 1 is 1.35 bits per heavy atom. The van der Waals surface area contributed by atoms with Gasteiger partial charge in [-0.05, 0) is 17.5 Å². The fraction of sp³-hybridized carbons (Fsp3) is 0.455. The summed E-state index contributed by atoms with van der Waals surface area (Å²) < 4.78 is 26.1. The molecule has 17 heavy (non-hydrogen) atoms. The van der Waals surface area contributed by atoms with Gasteiger partial charge in [0.2, 0.25) is 10.0 Å². The average Bonchev–Trinajstić information content (AvgIpc) is 2.05. The second-order valence-corrected chi connectivity index (χ2v) is 6.92. The van der Waals surface area contributed by atoms with Gasteiger partial charge >= 0.3 is 0 Å². The van der Waals surface area contributed by atoms with Gasteiger partial charge in [0.05, 0.1) is 17.1 Å². The smallest absolute Gasteiger partial charge is 0.233 e. The van der Waals surface area contributed by atoms with Crippen molar-refractivity contribution in [2.75, 3.05) is 16.2 Å². The Balaban J connectivity index is 2.91. The number of rotatable bonds is 3. The third-order valence-electron chi connectivity index (χ3n) is 1.92. The predicted octanol–water partition coefficient (Wildman–Crippen LogP) is 1.76. The molecule has 1 aromatic carbocycles. The average molecular weight is 258 g/mol. The van der Waals surface area contributed by atoms with Gasteiger partial charge in [-0.1, -0.05) is 20.8 Å². The number of hydrogen-bond donors (Lipinski definition) is 3. The number of sulfonamides is 1. The van der Waals surface area contributed by atoms with Crippen molar-refractivity contribution in [3.63, 3.8) is 0 Å². The van der Waals surface area contributed by atoms with Crippen LogP contribution in [0.15, 0.2) is 18.2 Å². The number of phenolic OH excluding ortho intramolecular Hbond substituents is 1. The topological polar surface area (TPSA) is 92.4 Å². The quantitative estimate of drug-likeness (QED) is 0.569. The van der Waals surface area contributed by atoms with Crippen LogP contribution in [0.2, 0.25) is 0 Å². The maximum atomic E-state index is 11.8. The molecule has 6 heteroatoms. The van der Waals surface area contributed by atoms with Crippen LogP contribution in [0, 0.1) is 5.41 Å². The molecule has 5 nitrogen and oxygen atoms in total. The number of nitrogens with one attached hydrogen (secondary N) is 1. The Kier molecular flexibility index (Phi) is 3.56. The van der Waals surface area contributed by atoms with E-state index in [2.05, 4.69) is 4.72 Å². The van der Waals surface area contributed by atoms with E-state index in [9.17, 15) is 8.42 Å². The highest BCUT2D eigenvalue weighted by Gasteiger charge is 2.22. The number of benzene rings is 1. The summed E-state index contributed by atoms with van der Waals surface area (Å²) in [6.45, 7) is 5.52. The molecule has 0 aliphatic heterocycles. The summed E-state index contributed by atoms with van der Waals surface area (Å²) in [6.07, 6.45) is 0. The summed E-state index contributed by atoms with van der Waals surface area (Å²) in [5.41, 5.74) is 5.75. The minimum Gasteiger partial charge on any atom is -0.508 e. The van der Waals surface area contributed by atoms with Gasteiger partial charge in [0.1, 0.15) is 5.75 Å². The van der Waals surface area contributed by atoms with E-state index in [0.29, 0.717) is 0 Å². The van der Waals surface area contributed by atoms with Crippen molar-refractivity contribution in [1.29, 1.82) is 0 Å². The zero-order valence-electron chi connectivity index (χ0n) is 10.2. The molecule has 0 saturated carbocycles. The Labute approximate surface area is 102 Å². The molecule has 0 unspecified atom stereocenters. The van der Waals surface area contributed by atoms with E-state index in [1.54, 1.807) is 0 Å². The lowest BCUT2D eigenvalue weighted by Crippen LogP contribution is -2.26. The molecular formula is C11H18N2O3S. The molecule has 0 bridgehead atoms. The molecule has 0 heterocycles. The van der Waals surface area contributed by atoms with E-state index in [1.807, 2.05) is 20.8 Å². The molecule has 0 atom stereocenters. The molecule has 0 aliphatic rings. The largest absolute Gasteiger partial charge is 0.508 e. The Bertz CT molecular complexity index is 504. The summed E-state index contributed by atoms with van der Waals surface area (Å²) in [6, 6.07) is 4.12. The van der Waals surface area contributed by atoms with Gasteiger partial charge < -0.3 is 10.8 Å². The summed E-state index contributed by atoms with van der Waals surface area (Å²) in [5.74, 6) is 0.00149. The van der Waals surface area contributed by atoms with Crippen molar-refractivity contribution in [2.45, 2.75) is 20.8 Å². The lowest BCUT2D eigenvalue weighted by atomic mass is 10.0. The molecule has 0 aromatic heterocycles. The lowest BCUT2D eigenvalue weighted by molar-refractivity contribution is 0.463. The van der Waals surface area contributed by atoms with Gasteiger partial charge in [-0.15, -0.1) is 0 Å². The van der Waals surface area contributed by atoms with Crippen LogP contribution < -0.4 is 10.5 Å². The highest BCUT2D eigenvalue weighted by atomic mass is 32.2. The molecule has 0 saturated heterocycles. The van der Waals surface area contributed by atoms with E-state index in [-0.39, 0.29) is 28.3 Å². The van der Waals surface area contributed by atoms with Crippen LogP contribution in [0.1, 0.15) is 20.8 Å². The summed E-state index contributed by atoms with van der Waals surface area (Å²) in [4.78, 5) is 0. The van der Waals surface area contributed by atoms with Crippen LogP contribution in [0.25, 0.3) is 0 Å². The Morgan fingerprint density at radius 3 is 2.41 bits per heavy atom. The van der Waals surface area contributed by atoms with Crippen molar-refractivity contribution in [3.8, 4) is 5.75 Å². The predicted molar refractivity (Wildman–Crippen MR) is 69.4 cm³/mol. The molecule has 0 fully saturated rings. The van der Waals surface area contributed by atoms with Crippen molar-refractivity contribution in [3.05, 3.63) is 18.2 Å².